The summed E-state index contributed by atoms with van der Waals surface area (Å²) in [6, 6.07) is 32.2. The number of carbonyl (C=O) groups excluding carboxylic acids is 1. The van der Waals surface area contributed by atoms with Crippen LogP contribution in [-0.4, -0.2) is 205 Å². The number of ether oxygens (including phenoxy) is 7. The molecule has 5 rings (SSSR count). The molecule has 0 unspecified atom stereocenters. The number of likely N-dealkylation sites (tertiary alicyclic amines) is 1. The summed E-state index contributed by atoms with van der Waals surface area (Å²) < 4.78 is 184. The van der Waals surface area contributed by atoms with Crippen molar-refractivity contribution in [1.29, 1.82) is 0 Å². The number of alkyl halides is 6. The van der Waals surface area contributed by atoms with Crippen LogP contribution in [0.15, 0.2) is 106 Å². The number of piperidine rings is 1. The van der Waals surface area contributed by atoms with Gasteiger partial charge in [-0.25, -0.2) is 30.0 Å². The van der Waals surface area contributed by atoms with Gasteiger partial charge in [0.1, 0.15) is 45.6 Å². The molecular weight excluding hydrogens is 1140 g/mol. The predicted molar refractivity (Wildman–Crippen MR) is 281 cm³/mol. The standard InChI is InChI=1S/C18H15S.C12H27NO7.C10H19NO3.C8H13F6N3O6S3/c1-4-10-16(11-5-1)19(17-12-6-2-7-13-17)18-14-8-3-9-15-18;1-15-10-18-7-4-13(14,5-8-19-11-16-2)6-9-20-12-17-3;1-10(2,3)14-9(13)11-6-4-8(12)5-7-11;1-24(18,19)16-25(20,21)7(11,12)6(9,10)8(13,14)26(22,23)17-4-2-15-3-5-17/h1-15H;4-12H2,1-3H3;8,12H,4-7H2,1-3H3;15-16H,2-5H2,1H3/q+1;;;. The summed E-state index contributed by atoms with van der Waals surface area (Å²) in [5.41, 5.74) is -0.437. The molecule has 2 heterocycles. The van der Waals surface area contributed by atoms with E-state index in [9.17, 15) is 66.7 Å². The number of rotatable bonds is 25. The van der Waals surface area contributed by atoms with Crippen LogP contribution in [0.5, 0.6) is 0 Å². The molecule has 2 aliphatic heterocycles. The molecule has 3 aromatic rings. The van der Waals surface area contributed by atoms with Crippen LogP contribution >= 0.6 is 0 Å². The van der Waals surface area contributed by atoms with Crippen molar-refractivity contribution in [2.45, 2.75) is 76.4 Å². The number of sulfonamides is 3. The Morgan fingerprint density at radius 3 is 1.37 bits per heavy atom. The smallest absolute Gasteiger partial charge is 0.429 e. The molecule has 3 aromatic carbocycles. The quantitative estimate of drug-likeness (QED) is 0.0245. The van der Waals surface area contributed by atoms with Gasteiger partial charge in [-0.3, -0.25) is 0 Å². The second-order valence-electron chi connectivity index (χ2n) is 18.2. The van der Waals surface area contributed by atoms with Gasteiger partial charge in [-0.2, -0.15) is 30.6 Å². The van der Waals surface area contributed by atoms with E-state index in [1.54, 1.807) is 4.90 Å². The van der Waals surface area contributed by atoms with Gasteiger partial charge < -0.3 is 58.3 Å². The van der Waals surface area contributed by atoms with Gasteiger partial charge in [0.15, 0.2) is 14.7 Å². The molecule has 1 amide bonds. The highest BCUT2D eigenvalue weighted by Gasteiger charge is 2.82. The number of nitrogens with zero attached hydrogens (tertiary/aromatic N) is 3. The van der Waals surface area contributed by atoms with E-state index in [0.29, 0.717) is 65.4 Å². The van der Waals surface area contributed by atoms with Gasteiger partial charge in [-0.05, 0) is 70.0 Å². The zero-order valence-corrected chi connectivity index (χ0v) is 48.3. The fourth-order valence-corrected chi connectivity index (χ4v) is 12.8. The number of methoxy groups -OCH3 is 3. The van der Waals surface area contributed by atoms with Crippen LogP contribution in [0.25, 0.3) is 0 Å². The monoisotopic (exact) mass is 1220 g/mol. The summed E-state index contributed by atoms with van der Waals surface area (Å²) in [6.45, 7) is 7.20. The van der Waals surface area contributed by atoms with Crippen molar-refractivity contribution in [2.75, 3.05) is 127 Å². The first-order valence-corrected chi connectivity index (χ1v) is 30.3. The van der Waals surface area contributed by atoms with Crippen LogP contribution in [0.1, 0.15) is 33.6 Å². The summed E-state index contributed by atoms with van der Waals surface area (Å²) >= 11 is 0. The molecule has 0 spiro atoms. The molecule has 79 heavy (non-hydrogen) atoms. The van der Waals surface area contributed by atoms with Crippen molar-refractivity contribution in [3.8, 4) is 0 Å². The van der Waals surface area contributed by atoms with E-state index in [-0.39, 0.29) is 71.2 Å². The second kappa shape index (κ2) is 33.4. The van der Waals surface area contributed by atoms with Crippen molar-refractivity contribution in [1.82, 2.24) is 18.6 Å². The first-order valence-electron chi connectivity index (χ1n) is 24.2. The topological polar surface area (TPSA) is 258 Å². The van der Waals surface area contributed by atoms with Gasteiger partial charge in [-0.15, -0.1) is 4.13 Å². The predicted octanol–water partition coefficient (Wildman–Crippen LogP) is 5.24. The minimum atomic E-state index is -7.00. The van der Waals surface area contributed by atoms with Gasteiger partial charge in [-0.1, -0.05) is 54.6 Å². The lowest BCUT2D eigenvalue weighted by atomic mass is 10.1. The summed E-state index contributed by atoms with van der Waals surface area (Å²) in [5.74, 6) is -7.00. The summed E-state index contributed by atoms with van der Waals surface area (Å²) in [5, 5.41) is 11.0. The van der Waals surface area contributed by atoms with E-state index in [4.69, 9.17) is 33.2 Å². The van der Waals surface area contributed by atoms with Gasteiger partial charge in [0.25, 0.3) is 20.0 Å². The lowest BCUT2D eigenvalue weighted by Gasteiger charge is -2.42. The van der Waals surface area contributed by atoms with Crippen LogP contribution < -0.4 is 9.44 Å². The maximum atomic E-state index is 13.9. The van der Waals surface area contributed by atoms with Gasteiger partial charge in [0.05, 0.1) is 43.1 Å². The summed E-state index contributed by atoms with van der Waals surface area (Å²) in [4.78, 5) is 17.3. The molecule has 2 fully saturated rings. The molecule has 0 radical (unpaired) electrons. The molecule has 0 atom stereocenters. The number of benzene rings is 3. The number of aliphatic hydroxyl groups is 1. The third-order valence-electron chi connectivity index (χ3n) is 10.7. The zero-order chi connectivity index (χ0) is 59.6. The third-order valence-corrected chi connectivity index (χ3v) is 17.9. The molecule has 2 aliphatic rings. The molecule has 452 valence electrons. The van der Waals surface area contributed by atoms with Gasteiger partial charge >= 0.3 is 22.5 Å². The van der Waals surface area contributed by atoms with Crippen molar-refractivity contribution in [3.05, 3.63) is 96.2 Å². The number of aliphatic hydroxyl groups excluding tert-OH is 1. The van der Waals surface area contributed by atoms with Gasteiger partial charge in [0, 0.05) is 60.6 Å². The van der Waals surface area contributed by atoms with Crippen molar-refractivity contribution in [2.24, 2.45) is 0 Å². The van der Waals surface area contributed by atoms with Crippen LogP contribution in [0.3, 0.4) is 0 Å². The number of hydroxylamine groups is 3. The largest absolute Gasteiger partial charge is 0.633 e. The molecule has 0 saturated carbocycles. The molecule has 2 saturated heterocycles. The van der Waals surface area contributed by atoms with Crippen LogP contribution in [0.2, 0.25) is 0 Å². The molecule has 0 bridgehead atoms. The van der Waals surface area contributed by atoms with E-state index < -0.39 is 69.8 Å². The van der Waals surface area contributed by atoms with Crippen molar-refractivity contribution >= 4 is 47.1 Å². The summed E-state index contributed by atoms with van der Waals surface area (Å²) in [7, 11) is -13.9. The zero-order valence-electron chi connectivity index (χ0n) is 45.1. The molecule has 21 nitrogen and oxygen atoms in total. The number of hydrogen-bond acceptors (Lipinski definition) is 17. The fraction of sp³-hybridized carbons (Fsp3) is 0.604. The van der Waals surface area contributed by atoms with Crippen LogP contribution in [0.4, 0.5) is 31.1 Å². The average Bonchev–Trinajstić information content (AvgIpc) is 3.50. The van der Waals surface area contributed by atoms with Gasteiger partial charge in [0.2, 0.25) is 10.0 Å². The molecule has 0 aromatic heterocycles. The highest BCUT2D eigenvalue weighted by Crippen LogP contribution is 2.51. The Labute approximate surface area is 462 Å². The fourth-order valence-electron chi connectivity index (χ4n) is 6.71. The summed E-state index contributed by atoms with van der Waals surface area (Å²) in [6.07, 6.45) is 0.755. The number of halogens is 6. The van der Waals surface area contributed by atoms with E-state index in [1.165, 1.54) is 36.0 Å². The Hall–Kier alpha value is -3.77. The SMILES string of the molecule is CC(C)(C)OC(=O)N1CCC(O)CC1.COCOCC[N+]([O-])(CCOCOC)CCOCOC.CS(=O)(=O)NS(=O)(=O)C(F)(F)C(F)(F)C(F)(F)S(=O)(=O)N1CCNCC1.c1ccc([S+](c2ccccc2)c2ccccc2)cc1. The Bertz CT molecular complexity index is 2410. The Kier molecular flexibility index (Phi) is 30.1. The Balaban J connectivity index is 0.000000367. The normalized spacial score (nSPS) is 15.5. The van der Waals surface area contributed by atoms with Crippen LogP contribution in [0, 0.1) is 5.21 Å². The molecule has 0 aliphatic carbocycles. The number of nitrogens with one attached hydrogen (secondary N) is 2. The number of amides is 1. The van der Waals surface area contributed by atoms with Crippen molar-refractivity contribution in [3.63, 3.8) is 0 Å². The maximum Gasteiger partial charge on any atom is 0.429 e. The van der Waals surface area contributed by atoms with E-state index in [2.05, 4.69) is 96.3 Å². The lowest BCUT2D eigenvalue weighted by molar-refractivity contribution is -0.882. The van der Waals surface area contributed by atoms with E-state index >= 15 is 0 Å². The van der Waals surface area contributed by atoms with Crippen LogP contribution in [-0.2, 0) is 74.1 Å². The average molecular weight is 1220 g/mol. The van der Waals surface area contributed by atoms with E-state index in [0.717, 1.165) is 0 Å². The lowest BCUT2D eigenvalue weighted by Crippen LogP contribution is -2.66. The van der Waals surface area contributed by atoms with E-state index in [1.807, 2.05) is 20.8 Å². The molecule has 3 N–H and O–H groups in total. The first kappa shape index (κ1) is 71.3. The molecular formula is C48H74F6N5O16S4+. The minimum absolute atomic E-state index is 0.0146. The number of piperazine rings is 1. The highest BCUT2D eigenvalue weighted by atomic mass is 32.3. The number of carbonyl (C=O) groups is 1. The highest BCUT2D eigenvalue weighted by molar-refractivity contribution is 8.05. The number of quaternary nitrogens is 1. The molecule has 31 heteroatoms. The Morgan fingerprint density at radius 2 is 1.04 bits per heavy atom. The minimum Gasteiger partial charge on any atom is -0.633 e. The second-order valence-corrected chi connectivity index (χ2v) is 26.0. The number of hydrogen-bond donors (Lipinski definition) is 3. The first-order chi connectivity index (χ1) is 36.8. The third kappa shape index (κ3) is 23.6. The Morgan fingerprint density at radius 1 is 0.671 bits per heavy atom. The van der Waals surface area contributed by atoms with Crippen molar-refractivity contribution < 1.29 is 99.3 Å². The maximum absolute atomic E-state index is 13.9.